The summed E-state index contributed by atoms with van der Waals surface area (Å²) in [6.45, 7) is 13.1. The summed E-state index contributed by atoms with van der Waals surface area (Å²) in [7, 11) is 10.4. The lowest BCUT2D eigenvalue weighted by molar-refractivity contribution is -0.132. The number of imide groups is 2. The van der Waals surface area contributed by atoms with E-state index in [9.17, 15) is 34.5 Å². The lowest BCUT2D eigenvalue weighted by atomic mass is 9.71. The van der Waals surface area contributed by atoms with E-state index < -0.39 is 48.0 Å². The first-order valence-corrected chi connectivity index (χ1v) is 34.0. The SMILES string of the molecule is C=CCOc1c(C)c2c(c3c1CC1[C@H]4c5c(cc(C)c(OC)c5OCOC)C[C@@H](C(C#N)N1[C@H]3CN1C(=O)c3ccccc3C1=O)N4C)OCO2.COCOc1c(OC)c(C)cc2c1[C@@H]1C3Cc4c(OC(C)=O)c(C)c5c(c4[C@H](CN4C(=O)c6ccccc6C4=O)N3C(C#N)[C@H](C2)N1C)OCO5. The van der Waals surface area contributed by atoms with Gasteiger partial charge in [0.25, 0.3) is 23.6 Å². The van der Waals surface area contributed by atoms with Gasteiger partial charge in [0.1, 0.15) is 30.2 Å². The first kappa shape index (κ1) is 67.6. The Balaban J connectivity index is 0.000000165. The molecule has 0 radical (unpaired) electrons. The second-order valence-corrected chi connectivity index (χ2v) is 27.3. The summed E-state index contributed by atoms with van der Waals surface area (Å²) in [5.41, 5.74) is 11.6. The van der Waals surface area contributed by atoms with Gasteiger partial charge in [-0.3, -0.25) is 53.4 Å². The lowest BCUT2D eigenvalue weighted by Gasteiger charge is -2.60. The van der Waals surface area contributed by atoms with E-state index in [1.807, 2.05) is 34.7 Å². The minimum absolute atomic E-state index is 0.00590. The normalized spacial score (nSPS) is 24.3. The smallest absolute Gasteiger partial charge is 0.308 e. The molecule has 6 aromatic rings. The first-order chi connectivity index (χ1) is 49.4. The van der Waals surface area contributed by atoms with Crippen LogP contribution in [0, 0.1) is 50.4 Å². The molecule has 2 fully saturated rings. The number of nitriles is 2. The van der Waals surface area contributed by atoms with E-state index in [4.69, 9.17) is 56.8 Å². The molecule has 25 nitrogen and oxygen atoms in total. The summed E-state index contributed by atoms with van der Waals surface area (Å²) >= 11 is 0. The fourth-order valence-electron chi connectivity index (χ4n) is 18.3. The van der Waals surface area contributed by atoms with Crippen molar-refractivity contribution in [3.63, 3.8) is 0 Å². The largest absolute Gasteiger partial charge is 0.493 e. The number of amides is 4. The van der Waals surface area contributed by atoms with Crippen LogP contribution in [0.4, 0.5) is 0 Å². The lowest BCUT2D eigenvalue weighted by Crippen LogP contribution is -2.69. The maximum atomic E-state index is 13.9. The van der Waals surface area contributed by atoms with Crippen LogP contribution in [-0.2, 0) is 40.0 Å². The van der Waals surface area contributed by atoms with Crippen LogP contribution in [-0.4, -0.2) is 185 Å². The van der Waals surface area contributed by atoms with Crippen LogP contribution in [0.15, 0.2) is 73.3 Å². The van der Waals surface area contributed by atoms with Crippen molar-refractivity contribution in [2.45, 2.75) is 121 Å². The van der Waals surface area contributed by atoms with E-state index in [1.165, 1.54) is 16.7 Å². The highest BCUT2D eigenvalue weighted by Gasteiger charge is 2.60. The molecule has 4 bridgehead atoms. The van der Waals surface area contributed by atoms with Crippen LogP contribution in [0.5, 0.6) is 57.5 Å². The Morgan fingerprint density at radius 2 is 0.931 bits per heavy atom. The number of hydrogen-bond acceptors (Lipinski definition) is 23. The maximum Gasteiger partial charge on any atom is 0.308 e. The van der Waals surface area contributed by atoms with Gasteiger partial charge in [0.2, 0.25) is 13.6 Å². The summed E-state index contributed by atoms with van der Waals surface area (Å²) in [5.74, 6) is 3.30. The fourth-order valence-corrected chi connectivity index (χ4v) is 18.3. The quantitative estimate of drug-likeness (QED) is 0.0288. The van der Waals surface area contributed by atoms with E-state index in [0.29, 0.717) is 122 Å². The summed E-state index contributed by atoms with van der Waals surface area (Å²) in [6, 6.07) is 18.7. The minimum atomic E-state index is -0.730. The topological polar surface area (TPSA) is 263 Å². The van der Waals surface area contributed by atoms with Crippen LogP contribution in [0.1, 0.15) is 139 Å². The van der Waals surface area contributed by atoms with Gasteiger partial charge in [0.15, 0.2) is 59.6 Å². The van der Waals surface area contributed by atoms with Crippen molar-refractivity contribution >= 4 is 29.6 Å². The van der Waals surface area contributed by atoms with Gasteiger partial charge in [-0.05, 0) is 114 Å². The Morgan fingerprint density at radius 3 is 1.30 bits per heavy atom. The zero-order valence-corrected chi connectivity index (χ0v) is 58.6. The van der Waals surface area contributed by atoms with E-state index in [-0.39, 0.29) is 88.9 Å². The van der Waals surface area contributed by atoms with E-state index in [1.54, 1.807) is 83.0 Å². The molecule has 10 atom stereocenters. The molecule has 0 spiro atoms. The van der Waals surface area contributed by atoms with Gasteiger partial charge in [0.05, 0.1) is 72.8 Å². The maximum absolute atomic E-state index is 13.9. The molecule has 6 aromatic carbocycles. The number of methoxy groups -OCH3 is 4. The van der Waals surface area contributed by atoms with Crippen molar-refractivity contribution in [2.24, 2.45) is 0 Å². The second kappa shape index (κ2) is 26.3. The molecule has 0 aliphatic carbocycles. The third kappa shape index (κ3) is 10.2. The third-order valence-electron chi connectivity index (χ3n) is 22.2. The predicted molar refractivity (Wildman–Crippen MR) is 365 cm³/mol. The number of rotatable bonds is 16. The number of fused-ring (bicyclic) bond motifs is 20. The number of esters is 1. The monoisotopic (exact) mass is 1390 g/mol. The Morgan fingerprint density at radius 1 is 0.539 bits per heavy atom. The minimum Gasteiger partial charge on any atom is -0.493 e. The highest BCUT2D eigenvalue weighted by atomic mass is 16.7. The second-order valence-electron chi connectivity index (χ2n) is 27.3. The molecule has 0 saturated carbocycles. The summed E-state index contributed by atoms with van der Waals surface area (Å²) in [4.78, 5) is 79.8. The third-order valence-corrected chi connectivity index (χ3v) is 22.2. The van der Waals surface area contributed by atoms with Crippen molar-refractivity contribution in [3.8, 4) is 69.6 Å². The zero-order chi connectivity index (χ0) is 71.6. The zero-order valence-electron chi connectivity index (χ0n) is 58.6. The number of likely N-dealkylation sites (N-methyl/N-ethyl adjacent to an activating group) is 2. The number of piperazine rings is 2. The summed E-state index contributed by atoms with van der Waals surface area (Å²) < 4.78 is 71.9. The number of aryl methyl sites for hydroxylation is 2. The van der Waals surface area contributed by atoms with Crippen LogP contribution in [0.2, 0.25) is 0 Å². The van der Waals surface area contributed by atoms with E-state index in [0.717, 1.165) is 50.1 Å². The molecule has 4 amide bonds. The van der Waals surface area contributed by atoms with E-state index >= 15 is 0 Å². The number of benzene rings is 6. The molecular formula is C77H78N8O17. The van der Waals surface area contributed by atoms with Crippen LogP contribution < -0.4 is 47.4 Å². The van der Waals surface area contributed by atoms with Crippen molar-refractivity contribution in [2.75, 3.05) is 89.4 Å². The van der Waals surface area contributed by atoms with E-state index in [2.05, 4.69) is 57.5 Å². The number of hydrogen-bond donors (Lipinski definition) is 0. The summed E-state index contributed by atoms with van der Waals surface area (Å²) in [6.07, 6.45) is 3.61. The Bertz CT molecular complexity index is 4590. The van der Waals surface area contributed by atoms with Gasteiger partial charge in [-0.25, -0.2) is 0 Å². The van der Waals surface area contributed by atoms with Gasteiger partial charge in [-0.1, -0.05) is 49.1 Å². The van der Waals surface area contributed by atoms with Crippen LogP contribution in [0.25, 0.3) is 0 Å². The molecule has 4 unspecified atom stereocenters. The fraction of sp³-hybridized carbons (Fsp3) is 0.416. The number of carbonyl (C=O) groups is 5. The van der Waals surface area contributed by atoms with Gasteiger partial charge in [-0.2, -0.15) is 10.5 Å². The van der Waals surface area contributed by atoms with Crippen molar-refractivity contribution in [3.05, 3.63) is 162 Å². The molecule has 25 heteroatoms. The Labute approximate surface area is 589 Å². The standard InChI is InChI=1S/C39H40N4O8.C38H38N4O9/c1-7-12-48-34-21(3)35-37(51-19-50-35)31-25(34)15-27-32-30-22(13-20(2)33(47-6)36(30)49-18-46-5)14-26(41(32)4)28(16-40)43(27)29(31)17-42-38(44)23-10-8-9-11-24(23)39(42)45;1-18-11-21-12-25-27(14-39)42-26(31(40(25)4)29(21)35(32(18)47-6)48-16-46-5)13-24-30(36-34(49-17-50-36)19(2)33(24)51-20(3)43)28(42)15-41-37(44)22-9-7-8-10-23(22)38(41)45/h7-11,13,26-29,32H,1,12,14-15,17-19H2,2-6H3;7-11,25-28,31H,12-13,15-17H2,1-6H3/t26-,27?,28?,29-,32-;25-,26?,27?,28-,31-/m00/s1. The van der Waals surface area contributed by atoms with Gasteiger partial charge < -0.3 is 56.8 Å². The molecule has 10 aliphatic heterocycles. The van der Waals surface area contributed by atoms with Crippen molar-refractivity contribution in [1.29, 1.82) is 10.5 Å². The predicted octanol–water partition coefficient (Wildman–Crippen LogP) is 8.67. The highest BCUT2D eigenvalue weighted by molar-refractivity contribution is 6.22. The molecule has 2 saturated heterocycles. The molecule has 0 aromatic heterocycles. The molecule has 10 heterocycles. The van der Waals surface area contributed by atoms with Gasteiger partial charge in [0, 0.05) is 103 Å². The van der Waals surface area contributed by atoms with Crippen molar-refractivity contribution in [1.82, 2.24) is 29.4 Å². The number of carbonyl (C=O) groups excluding carboxylic acids is 5. The highest BCUT2D eigenvalue weighted by Crippen LogP contribution is 2.62. The Kier molecular flexibility index (Phi) is 17.4. The average molecular weight is 1390 g/mol. The molecule has 16 rings (SSSR count). The number of nitrogens with zero attached hydrogens (tertiary/aromatic N) is 8. The Hall–Kier alpha value is -10.3. The van der Waals surface area contributed by atoms with Crippen molar-refractivity contribution < 1.29 is 80.8 Å². The van der Waals surface area contributed by atoms with Crippen LogP contribution >= 0.6 is 0 Å². The molecular weight excluding hydrogens is 1310 g/mol. The summed E-state index contributed by atoms with van der Waals surface area (Å²) in [5, 5.41) is 22.1. The molecule has 102 heavy (non-hydrogen) atoms. The van der Waals surface area contributed by atoms with Crippen LogP contribution in [0.3, 0.4) is 0 Å². The first-order valence-electron chi connectivity index (χ1n) is 34.0. The average Bonchev–Trinajstić information content (AvgIpc) is 0.841. The van der Waals surface area contributed by atoms with Gasteiger partial charge >= 0.3 is 5.97 Å². The molecule has 10 aliphatic rings. The molecule has 0 N–H and O–H groups in total. The molecule has 528 valence electrons. The number of ether oxygens (including phenoxy) is 12. The van der Waals surface area contributed by atoms with Gasteiger partial charge in [-0.15, -0.1) is 0 Å².